The highest BCUT2D eigenvalue weighted by Gasteiger charge is 2.15. The molecule has 5 heteroatoms. The number of hydrogen-bond donors (Lipinski definition) is 1. The minimum Gasteiger partial charge on any atom is -0.381 e. The van der Waals surface area contributed by atoms with Crippen LogP contribution < -0.4 is 5.32 Å². The molecule has 0 bridgehead atoms. The normalized spacial score (nSPS) is 18.1. The van der Waals surface area contributed by atoms with Gasteiger partial charge in [0, 0.05) is 31.2 Å². The van der Waals surface area contributed by atoms with Crippen molar-refractivity contribution < 1.29 is 18.7 Å². The zero-order valence-electron chi connectivity index (χ0n) is 11.4. The van der Waals surface area contributed by atoms with Gasteiger partial charge >= 0.3 is 0 Å². The van der Waals surface area contributed by atoms with Crippen LogP contribution in [0.15, 0.2) is 24.3 Å². The third kappa shape index (κ3) is 4.90. The van der Waals surface area contributed by atoms with Crippen LogP contribution in [-0.2, 0) is 9.47 Å². The summed E-state index contributed by atoms with van der Waals surface area (Å²) in [5.74, 6) is -0.0103. The lowest BCUT2D eigenvalue weighted by atomic mass is 10.1. The molecule has 1 N–H and O–H groups in total. The Kier molecular flexibility index (Phi) is 5.95. The highest BCUT2D eigenvalue weighted by atomic mass is 19.1. The molecule has 1 aromatic carbocycles. The van der Waals surface area contributed by atoms with E-state index in [0.717, 1.165) is 32.7 Å². The number of ether oxygens (including phenoxy) is 2. The van der Waals surface area contributed by atoms with Crippen LogP contribution in [0.2, 0.25) is 0 Å². The second-order valence-corrected chi connectivity index (χ2v) is 4.92. The van der Waals surface area contributed by atoms with Crippen molar-refractivity contribution in [3.8, 4) is 0 Å². The first-order valence-corrected chi connectivity index (χ1v) is 6.95. The van der Waals surface area contributed by atoms with Gasteiger partial charge in [0.1, 0.15) is 5.82 Å². The number of rotatable bonds is 7. The predicted molar refractivity (Wildman–Crippen MR) is 73.1 cm³/mol. The molecule has 1 aliphatic heterocycles. The summed E-state index contributed by atoms with van der Waals surface area (Å²) in [5.41, 5.74) is 0.468. The average Bonchev–Trinajstić information content (AvgIpc) is 2.96. The fraction of sp³-hybridized carbons (Fsp3) is 0.533. The zero-order chi connectivity index (χ0) is 14.2. The van der Waals surface area contributed by atoms with Crippen LogP contribution in [0.5, 0.6) is 0 Å². The van der Waals surface area contributed by atoms with Crippen LogP contribution >= 0.6 is 0 Å². The van der Waals surface area contributed by atoms with Crippen molar-refractivity contribution in [1.82, 2.24) is 5.32 Å². The minimum absolute atomic E-state index is 0.186. The third-order valence-corrected chi connectivity index (χ3v) is 3.23. The van der Waals surface area contributed by atoms with E-state index in [1.165, 1.54) is 24.3 Å². The predicted octanol–water partition coefficient (Wildman–Crippen LogP) is 2.00. The highest BCUT2D eigenvalue weighted by molar-refractivity contribution is 5.94. The van der Waals surface area contributed by atoms with E-state index >= 15 is 0 Å². The number of carbonyl (C=O) groups is 1. The van der Waals surface area contributed by atoms with Gasteiger partial charge in [0.05, 0.1) is 13.2 Å². The summed E-state index contributed by atoms with van der Waals surface area (Å²) >= 11 is 0. The smallest absolute Gasteiger partial charge is 0.251 e. The molecule has 0 saturated carbocycles. The Bertz CT molecular complexity index is 416. The standard InChI is InChI=1S/C15H20FNO3/c16-14-4-2-13(3-5-14)15(18)17-7-1-8-19-10-12-6-9-20-11-12/h2-5,12H,1,6-11H2,(H,17,18)/t12-/m1/s1. The maximum atomic E-state index is 12.7. The molecule has 110 valence electrons. The summed E-state index contributed by atoms with van der Waals surface area (Å²) in [7, 11) is 0. The lowest BCUT2D eigenvalue weighted by Crippen LogP contribution is -2.25. The first-order valence-electron chi connectivity index (χ1n) is 6.95. The van der Waals surface area contributed by atoms with E-state index in [1.54, 1.807) is 0 Å². The lowest BCUT2D eigenvalue weighted by molar-refractivity contribution is 0.0853. The van der Waals surface area contributed by atoms with E-state index in [9.17, 15) is 9.18 Å². The number of hydrogen-bond acceptors (Lipinski definition) is 3. The Morgan fingerprint density at radius 1 is 1.40 bits per heavy atom. The van der Waals surface area contributed by atoms with E-state index < -0.39 is 0 Å². The summed E-state index contributed by atoms with van der Waals surface area (Å²) in [6.45, 7) is 3.53. The van der Waals surface area contributed by atoms with E-state index in [1.807, 2.05) is 0 Å². The largest absolute Gasteiger partial charge is 0.381 e. The topological polar surface area (TPSA) is 47.6 Å². The number of carbonyl (C=O) groups excluding carboxylic acids is 1. The summed E-state index contributed by atoms with van der Waals surface area (Å²) in [5, 5.41) is 2.78. The van der Waals surface area contributed by atoms with Gasteiger partial charge in [-0.25, -0.2) is 4.39 Å². The van der Waals surface area contributed by atoms with Crippen molar-refractivity contribution in [3.05, 3.63) is 35.6 Å². The monoisotopic (exact) mass is 281 g/mol. The fourth-order valence-electron chi connectivity index (χ4n) is 2.04. The summed E-state index contributed by atoms with van der Waals surface area (Å²) in [4.78, 5) is 11.7. The van der Waals surface area contributed by atoms with Crippen LogP contribution in [-0.4, -0.2) is 38.9 Å². The molecule has 0 spiro atoms. The van der Waals surface area contributed by atoms with Crippen molar-refractivity contribution in [3.63, 3.8) is 0 Å². The van der Waals surface area contributed by atoms with Crippen LogP contribution in [0, 0.1) is 11.7 Å². The second-order valence-electron chi connectivity index (χ2n) is 4.92. The number of nitrogens with one attached hydrogen (secondary N) is 1. The average molecular weight is 281 g/mol. The van der Waals surface area contributed by atoms with Crippen LogP contribution in [0.25, 0.3) is 0 Å². The van der Waals surface area contributed by atoms with Crippen LogP contribution in [0.4, 0.5) is 4.39 Å². The van der Waals surface area contributed by atoms with E-state index in [4.69, 9.17) is 9.47 Å². The summed E-state index contributed by atoms with van der Waals surface area (Å²) in [6, 6.07) is 5.51. The van der Waals surface area contributed by atoms with E-state index in [-0.39, 0.29) is 11.7 Å². The summed E-state index contributed by atoms with van der Waals surface area (Å²) < 4.78 is 23.5. The van der Waals surface area contributed by atoms with Crippen LogP contribution in [0.1, 0.15) is 23.2 Å². The van der Waals surface area contributed by atoms with Gasteiger partial charge < -0.3 is 14.8 Å². The first kappa shape index (κ1) is 14.9. The molecular formula is C15H20FNO3. The fourth-order valence-corrected chi connectivity index (χ4v) is 2.04. The van der Waals surface area contributed by atoms with Gasteiger partial charge in [-0.15, -0.1) is 0 Å². The van der Waals surface area contributed by atoms with Crippen molar-refractivity contribution >= 4 is 5.91 Å². The molecule has 1 fully saturated rings. The SMILES string of the molecule is O=C(NCCCOC[C@H]1CCOC1)c1ccc(F)cc1. The minimum atomic E-state index is -0.342. The molecule has 0 unspecified atom stereocenters. The highest BCUT2D eigenvalue weighted by Crippen LogP contribution is 2.12. The van der Waals surface area contributed by atoms with Gasteiger partial charge in [-0.2, -0.15) is 0 Å². The Labute approximate surface area is 118 Å². The quantitative estimate of drug-likeness (QED) is 0.778. The summed E-state index contributed by atoms with van der Waals surface area (Å²) in [6.07, 6.45) is 1.84. The number of amides is 1. The molecule has 1 atom stereocenters. The second kappa shape index (κ2) is 7.97. The first-order chi connectivity index (χ1) is 9.75. The molecule has 1 saturated heterocycles. The molecular weight excluding hydrogens is 261 g/mol. The van der Waals surface area contributed by atoms with E-state index in [0.29, 0.717) is 24.6 Å². The van der Waals surface area contributed by atoms with Gasteiger partial charge in [-0.1, -0.05) is 0 Å². The lowest BCUT2D eigenvalue weighted by Gasteiger charge is -2.09. The Morgan fingerprint density at radius 3 is 2.90 bits per heavy atom. The maximum absolute atomic E-state index is 12.7. The molecule has 1 aromatic rings. The van der Waals surface area contributed by atoms with Crippen molar-refractivity contribution in [1.29, 1.82) is 0 Å². The van der Waals surface area contributed by atoms with Gasteiger partial charge in [0.15, 0.2) is 0 Å². The number of benzene rings is 1. The molecule has 1 aliphatic rings. The molecule has 2 rings (SSSR count). The van der Waals surface area contributed by atoms with E-state index in [2.05, 4.69) is 5.32 Å². The van der Waals surface area contributed by atoms with Gasteiger partial charge in [0.25, 0.3) is 5.91 Å². The third-order valence-electron chi connectivity index (χ3n) is 3.23. The van der Waals surface area contributed by atoms with Crippen LogP contribution in [0.3, 0.4) is 0 Å². The Morgan fingerprint density at radius 2 is 2.20 bits per heavy atom. The van der Waals surface area contributed by atoms with Crippen molar-refractivity contribution in [2.75, 3.05) is 33.0 Å². The van der Waals surface area contributed by atoms with Gasteiger partial charge in [-0.3, -0.25) is 4.79 Å². The molecule has 4 nitrogen and oxygen atoms in total. The van der Waals surface area contributed by atoms with Gasteiger partial charge in [-0.05, 0) is 37.1 Å². The van der Waals surface area contributed by atoms with Crippen molar-refractivity contribution in [2.24, 2.45) is 5.92 Å². The molecule has 0 aliphatic carbocycles. The molecule has 20 heavy (non-hydrogen) atoms. The molecule has 1 amide bonds. The van der Waals surface area contributed by atoms with Gasteiger partial charge in [0.2, 0.25) is 0 Å². The Balaban J connectivity index is 1.54. The molecule has 0 aromatic heterocycles. The zero-order valence-corrected chi connectivity index (χ0v) is 11.4. The molecule has 0 radical (unpaired) electrons. The maximum Gasteiger partial charge on any atom is 0.251 e. The Hall–Kier alpha value is -1.46. The number of halogens is 1. The molecule has 1 heterocycles. The van der Waals surface area contributed by atoms with Crippen molar-refractivity contribution in [2.45, 2.75) is 12.8 Å².